The predicted octanol–water partition coefficient (Wildman–Crippen LogP) is 5.37. The molecule has 0 aromatic heterocycles. The Hall–Kier alpha value is -2.04. The summed E-state index contributed by atoms with van der Waals surface area (Å²) in [6.07, 6.45) is -6.31. The number of alkyl halides is 6. The summed E-state index contributed by atoms with van der Waals surface area (Å²) >= 11 is 0. The van der Waals surface area contributed by atoms with Crippen LogP contribution in [0.4, 0.5) is 36.4 Å². The van der Waals surface area contributed by atoms with Gasteiger partial charge >= 0.3 is 12.4 Å². The molecule has 1 amide bonds. The van der Waals surface area contributed by atoms with Gasteiger partial charge in [0.05, 0.1) is 17.7 Å². The molecule has 1 aromatic carbocycles. The number of hydrogen-bond acceptors (Lipinski definition) is 3. The molecular formula is C23H30F7N3O. The van der Waals surface area contributed by atoms with Gasteiger partial charge in [0.15, 0.2) is 0 Å². The van der Waals surface area contributed by atoms with E-state index >= 15 is 0 Å². The van der Waals surface area contributed by atoms with Crippen molar-refractivity contribution in [2.45, 2.75) is 63.3 Å². The van der Waals surface area contributed by atoms with Crippen molar-refractivity contribution in [3.8, 4) is 0 Å². The average molecular weight is 497 g/mol. The maximum Gasteiger partial charge on any atom is 0.416 e. The first-order valence-corrected chi connectivity index (χ1v) is 11.6. The van der Waals surface area contributed by atoms with Gasteiger partial charge in [-0.3, -0.25) is 9.69 Å². The minimum atomic E-state index is -4.52. The SMILES string of the molecule is O=C(CCC(F)(F)F)N[C@H]1CC[C@H](CCN2CCN(c3cc(C(F)(F)F)ccc3F)CC2)CC1. The lowest BCUT2D eigenvalue weighted by atomic mass is 9.84. The maximum atomic E-state index is 14.1. The molecule has 0 unspecified atom stereocenters. The van der Waals surface area contributed by atoms with Crippen LogP contribution in [0.25, 0.3) is 0 Å². The molecule has 34 heavy (non-hydrogen) atoms. The van der Waals surface area contributed by atoms with E-state index in [0.717, 1.165) is 56.8 Å². The highest BCUT2D eigenvalue weighted by Gasteiger charge is 2.32. The van der Waals surface area contributed by atoms with Crippen LogP contribution in [0.1, 0.15) is 50.5 Å². The molecule has 1 aromatic rings. The highest BCUT2D eigenvalue weighted by Crippen LogP contribution is 2.33. The molecule has 0 atom stereocenters. The fraction of sp³-hybridized carbons (Fsp3) is 0.696. The quantitative estimate of drug-likeness (QED) is 0.515. The fourth-order valence-corrected chi connectivity index (χ4v) is 4.66. The molecule has 11 heteroatoms. The van der Waals surface area contributed by atoms with E-state index in [1.807, 2.05) is 0 Å². The number of nitrogens with zero attached hydrogens (tertiary/aromatic N) is 2. The normalized spacial score (nSPS) is 22.6. The summed E-state index contributed by atoms with van der Waals surface area (Å²) in [7, 11) is 0. The van der Waals surface area contributed by atoms with Crippen LogP contribution in [0.2, 0.25) is 0 Å². The summed E-state index contributed by atoms with van der Waals surface area (Å²) in [5.74, 6) is -0.762. The number of benzene rings is 1. The van der Waals surface area contributed by atoms with Crippen molar-refractivity contribution in [3.63, 3.8) is 0 Å². The second-order valence-electron chi connectivity index (χ2n) is 9.18. The summed E-state index contributed by atoms with van der Waals surface area (Å²) < 4.78 is 89.7. The summed E-state index contributed by atoms with van der Waals surface area (Å²) in [5, 5.41) is 2.70. The Morgan fingerprint density at radius 1 is 0.971 bits per heavy atom. The van der Waals surface area contributed by atoms with E-state index < -0.39 is 42.5 Å². The van der Waals surface area contributed by atoms with Crippen LogP contribution in [-0.4, -0.2) is 55.7 Å². The number of carbonyl (C=O) groups excluding carboxylic acids is 1. The minimum Gasteiger partial charge on any atom is -0.367 e. The van der Waals surface area contributed by atoms with Gasteiger partial charge in [0.1, 0.15) is 5.82 Å². The Labute approximate surface area is 194 Å². The Morgan fingerprint density at radius 3 is 2.21 bits per heavy atom. The van der Waals surface area contributed by atoms with Gasteiger partial charge in [-0.15, -0.1) is 0 Å². The molecule has 1 saturated carbocycles. The predicted molar refractivity (Wildman–Crippen MR) is 114 cm³/mol. The number of nitrogens with one attached hydrogen (secondary N) is 1. The van der Waals surface area contributed by atoms with Crippen LogP contribution in [-0.2, 0) is 11.0 Å². The third-order valence-electron chi connectivity index (χ3n) is 6.69. The highest BCUT2D eigenvalue weighted by molar-refractivity contribution is 5.76. The molecule has 0 spiro atoms. The van der Waals surface area contributed by atoms with Gasteiger partial charge in [0.2, 0.25) is 5.91 Å². The van der Waals surface area contributed by atoms with E-state index in [-0.39, 0.29) is 11.7 Å². The standard InChI is InChI=1S/C23H30F7N3O/c24-19-6-3-17(23(28,29)30)15-20(19)33-13-11-32(12-14-33)10-8-16-1-4-18(5-2-16)31-21(34)7-9-22(25,26)27/h3,6,15-16,18H,1-2,4-5,7-14H2,(H,31,34)/t16-,18-. The first-order chi connectivity index (χ1) is 15.9. The second-order valence-corrected chi connectivity index (χ2v) is 9.18. The highest BCUT2D eigenvalue weighted by atomic mass is 19.4. The topological polar surface area (TPSA) is 35.6 Å². The third-order valence-corrected chi connectivity index (χ3v) is 6.69. The second kappa shape index (κ2) is 11.1. The minimum absolute atomic E-state index is 0.0231. The summed E-state index contributed by atoms with van der Waals surface area (Å²) in [6, 6.07) is 2.39. The van der Waals surface area contributed by atoms with Gasteiger partial charge in [0.25, 0.3) is 0 Å². The summed E-state index contributed by atoms with van der Waals surface area (Å²) in [5.41, 5.74) is -0.886. The molecule has 1 N–H and O–H groups in total. The fourth-order valence-electron chi connectivity index (χ4n) is 4.66. The molecule has 1 saturated heterocycles. The number of hydrogen-bond donors (Lipinski definition) is 1. The van der Waals surface area contributed by atoms with Gasteiger partial charge < -0.3 is 10.2 Å². The van der Waals surface area contributed by atoms with Crippen LogP contribution >= 0.6 is 0 Å². The third kappa shape index (κ3) is 8.02. The Balaban J connectivity index is 1.36. The van der Waals surface area contributed by atoms with Crippen LogP contribution in [0.15, 0.2) is 18.2 Å². The molecule has 1 heterocycles. The zero-order chi connectivity index (χ0) is 24.9. The molecule has 192 valence electrons. The van der Waals surface area contributed by atoms with E-state index in [1.165, 1.54) is 0 Å². The maximum absolute atomic E-state index is 14.1. The van der Waals surface area contributed by atoms with Crippen molar-refractivity contribution < 1.29 is 35.5 Å². The van der Waals surface area contributed by atoms with Gasteiger partial charge in [-0.25, -0.2) is 4.39 Å². The van der Waals surface area contributed by atoms with E-state index in [2.05, 4.69) is 10.2 Å². The van der Waals surface area contributed by atoms with Crippen molar-refractivity contribution in [2.75, 3.05) is 37.6 Å². The lowest BCUT2D eigenvalue weighted by Crippen LogP contribution is -2.47. The van der Waals surface area contributed by atoms with Crippen molar-refractivity contribution >= 4 is 11.6 Å². The van der Waals surface area contributed by atoms with Crippen LogP contribution in [0.3, 0.4) is 0 Å². The van der Waals surface area contributed by atoms with E-state index in [1.54, 1.807) is 4.90 Å². The smallest absolute Gasteiger partial charge is 0.367 e. The Bertz CT molecular complexity index is 812. The molecule has 1 aliphatic carbocycles. The van der Waals surface area contributed by atoms with Crippen LogP contribution in [0.5, 0.6) is 0 Å². The molecule has 2 aliphatic rings. The van der Waals surface area contributed by atoms with Gasteiger partial charge in [0, 0.05) is 38.6 Å². The number of carbonyl (C=O) groups is 1. The summed E-state index contributed by atoms with van der Waals surface area (Å²) in [4.78, 5) is 15.6. The van der Waals surface area contributed by atoms with Crippen LogP contribution in [0, 0.1) is 11.7 Å². The molecule has 2 fully saturated rings. The monoisotopic (exact) mass is 497 g/mol. The number of halogens is 7. The zero-order valence-corrected chi connectivity index (χ0v) is 18.8. The summed E-state index contributed by atoms with van der Waals surface area (Å²) in [6.45, 7) is 2.95. The number of amides is 1. The van der Waals surface area contributed by atoms with Crippen molar-refractivity contribution in [3.05, 3.63) is 29.6 Å². The Kier molecular flexibility index (Phi) is 8.70. The lowest BCUT2D eigenvalue weighted by Gasteiger charge is -2.37. The average Bonchev–Trinajstić information content (AvgIpc) is 2.77. The molecule has 1 aliphatic heterocycles. The molecule has 0 radical (unpaired) electrons. The molecular weight excluding hydrogens is 467 g/mol. The Morgan fingerprint density at radius 2 is 1.62 bits per heavy atom. The van der Waals surface area contributed by atoms with Crippen molar-refractivity contribution in [2.24, 2.45) is 5.92 Å². The largest absolute Gasteiger partial charge is 0.416 e. The molecule has 0 bridgehead atoms. The van der Waals surface area contributed by atoms with Gasteiger partial charge in [-0.05, 0) is 62.8 Å². The van der Waals surface area contributed by atoms with Crippen LogP contribution < -0.4 is 10.2 Å². The van der Waals surface area contributed by atoms with E-state index in [0.29, 0.717) is 32.1 Å². The van der Waals surface area contributed by atoms with Crippen molar-refractivity contribution in [1.29, 1.82) is 0 Å². The first kappa shape index (κ1) is 26.6. The van der Waals surface area contributed by atoms with Crippen molar-refractivity contribution in [1.82, 2.24) is 10.2 Å². The van der Waals surface area contributed by atoms with E-state index in [4.69, 9.17) is 0 Å². The van der Waals surface area contributed by atoms with Gasteiger partial charge in [-0.1, -0.05) is 0 Å². The zero-order valence-electron chi connectivity index (χ0n) is 18.8. The number of piperazine rings is 1. The molecule has 4 nitrogen and oxygen atoms in total. The lowest BCUT2D eigenvalue weighted by molar-refractivity contribution is -0.144. The van der Waals surface area contributed by atoms with E-state index in [9.17, 15) is 35.5 Å². The van der Waals surface area contributed by atoms with Gasteiger partial charge in [-0.2, -0.15) is 26.3 Å². The number of rotatable bonds is 7. The first-order valence-electron chi connectivity index (χ1n) is 11.6. The molecule has 3 rings (SSSR count). The number of anilines is 1.